The minimum absolute atomic E-state index is 0.385. The smallest absolute Gasteiger partial charge is 0.350 e. The molecule has 0 saturated carbocycles. The number of ether oxygens (including phenoxy) is 1. The first-order valence-electron chi connectivity index (χ1n) is 3.88. The average molecular weight is 232 g/mol. The molecule has 0 bridgehead atoms. The van der Waals surface area contributed by atoms with Gasteiger partial charge < -0.3 is 15.8 Å². The van der Waals surface area contributed by atoms with Gasteiger partial charge >= 0.3 is 5.97 Å². The molecule has 0 aliphatic heterocycles. The summed E-state index contributed by atoms with van der Waals surface area (Å²) in [5.41, 5.74) is 6.31. The van der Waals surface area contributed by atoms with E-state index < -0.39 is 0 Å². The van der Waals surface area contributed by atoms with Crippen LogP contribution in [-0.4, -0.2) is 26.4 Å². The molecule has 0 fully saturated rings. The van der Waals surface area contributed by atoms with E-state index in [-0.39, 0.29) is 5.97 Å². The number of thioether (sulfide) groups is 1. The highest BCUT2D eigenvalue weighted by Crippen LogP contribution is 2.41. The van der Waals surface area contributed by atoms with Gasteiger partial charge in [-0.15, -0.1) is 23.1 Å². The van der Waals surface area contributed by atoms with E-state index in [2.05, 4.69) is 10.1 Å². The number of esters is 1. The van der Waals surface area contributed by atoms with Gasteiger partial charge in [0.2, 0.25) is 0 Å². The van der Waals surface area contributed by atoms with Crippen molar-refractivity contribution in [2.75, 3.05) is 31.5 Å². The van der Waals surface area contributed by atoms with Crippen LogP contribution in [0.5, 0.6) is 0 Å². The van der Waals surface area contributed by atoms with Crippen LogP contribution in [0.2, 0.25) is 0 Å². The van der Waals surface area contributed by atoms with Crippen LogP contribution in [0.25, 0.3) is 0 Å². The SMILES string of the molecule is CNc1sc(C(=O)OC)c(N)c1SC. The van der Waals surface area contributed by atoms with E-state index in [1.54, 1.807) is 7.05 Å². The number of nitrogens with one attached hydrogen (secondary N) is 1. The number of rotatable bonds is 3. The molecule has 14 heavy (non-hydrogen) atoms. The summed E-state index contributed by atoms with van der Waals surface area (Å²) in [6.07, 6.45) is 1.92. The first-order chi connectivity index (χ1) is 6.65. The fraction of sp³-hybridized carbons (Fsp3) is 0.375. The first kappa shape index (κ1) is 11.2. The molecule has 78 valence electrons. The van der Waals surface area contributed by atoms with Gasteiger partial charge in [-0.2, -0.15) is 0 Å². The number of methoxy groups -OCH3 is 1. The molecule has 4 nitrogen and oxygen atoms in total. The van der Waals surface area contributed by atoms with Crippen molar-refractivity contribution in [1.82, 2.24) is 0 Å². The lowest BCUT2D eigenvalue weighted by Gasteiger charge is -1.99. The molecule has 0 saturated heterocycles. The Labute approximate surface area is 90.8 Å². The van der Waals surface area contributed by atoms with Crippen molar-refractivity contribution in [2.24, 2.45) is 0 Å². The molecule has 0 atom stereocenters. The van der Waals surface area contributed by atoms with Crippen LogP contribution < -0.4 is 11.1 Å². The van der Waals surface area contributed by atoms with Crippen LogP contribution in [-0.2, 0) is 4.74 Å². The van der Waals surface area contributed by atoms with Crippen molar-refractivity contribution in [3.8, 4) is 0 Å². The van der Waals surface area contributed by atoms with Crippen LogP contribution in [0, 0.1) is 0 Å². The van der Waals surface area contributed by atoms with Crippen LogP contribution in [0.1, 0.15) is 9.67 Å². The molecule has 0 unspecified atom stereocenters. The molecule has 6 heteroatoms. The summed E-state index contributed by atoms with van der Waals surface area (Å²) >= 11 is 2.82. The molecule has 3 N–H and O–H groups in total. The van der Waals surface area contributed by atoms with Gasteiger partial charge in [-0.1, -0.05) is 0 Å². The Hall–Kier alpha value is -0.880. The van der Waals surface area contributed by atoms with E-state index in [1.165, 1.54) is 30.2 Å². The highest BCUT2D eigenvalue weighted by molar-refractivity contribution is 7.99. The van der Waals surface area contributed by atoms with Gasteiger partial charge in [-0.05, 0) is 6.26 Å². The predicted octanol–water partition coefficient (Wildman–Crippen LogP) is 1.88. The van der Waals surface area contributed by atoms with Gasteiger partial charge in [0, 0.05) is 7.05 Å². The number of carbonyl (C=O) groups excluding carboxylic acids is 1. The predicted molar refractivity (Wildman–Crippen MR) is 61.4 cm³/mol. The molecule has 1 heterocycles. The molecular formula is C8H12N2O2S2. The molecule has 0 spiro atoms. The fourth-order valence-corrected chi connectivity index (χ4v) is 2.98. The lowest BCUT2D eigenvalue weighted by Crippen LogP contribution is -2.01. The van der Waals surface area contributed by atoms with E-state index in [9.17, 15) is 4.79 Å². The third-order valence-electron chi connectivity index (χ3n) is 1.70. The summed E-state index contributed by atoms with van der Waals surface area (Å²) < 4.78 is 4.63. The molecule has 0 radical (unpaired) electrons. The summed E-state index contributed by atoms with van der Waals surface area (Å²) in [7, 11) is 3.14. The minimum atomic E-state index is -0.385. The molecule has 0 aliphatic rings. The maximum atomic E-state index is 11.3. The summed E-state index contributed by atoms with van der Waals surface area (Å²) in [6, 6.07) is 0. The Kier molecular flexibility index (Phi) is 3.65. The van der Waals surface area contributed by atoms with Crippen LogP contribution in [0.3, 0.4) is 0 Å². The number of anilines is 2. The molecule has 0 aromatic carbocycles. The summed E-state index contributed by atoms with van der Waals surface area (Å²) in [5.74, 6) is -0.385. The topological polar surface area (TPSA) is 64.3 Å². The largest absolute Gasteiger partial charge is 0.465 e. The summed E-state index contributed by atoms with van der Waals surface area (Å²) in [6.45, 7) is 0. The van der Waals surface area contributed by atoms with Crippen molar-refractivity contribution in [1.29, 1.82) is 0 Å². The second kappa shape index (κ2) is 4.56. The fourth-order valence-electron chi connectivity index (χ4n) is 1.04. The lowest BCUT2D eigenvalue weighted by atomic mass is 10.4. The molecule has 1 aromatic heterocycles. The second-order valence-electron chi connectivity index (χ2n) is 2.45. The number of carbonyl (C=O) groups is 1. The molecule has 0 aliphatic carbocycles. The number of hydrogen-bond donors (Lipinski definition) is 2. The molecule has 1 aromatic rings. The Bertz CT molecular complexity index is 349. The second-order valence-corrected chi connectivity index (χ2v) is 4.29. The van der Waals surface area contributed by atoms with Gasteiger partial charge in [-0.25, -0.2) is 4.79 Å². The van der Waals surface area contributed by atoms with Gasteiger partial charge in [0.1, 0.15) is 9.88 Å². The molecule has 1 rings (SSSR count). The normalized spacial score (nSPS) is 9.93. The van der Waals surface area contributed by atoms with Gasteiger partial charge in [0.25, 0.3) is 0 Å². The van der Waals surface area contributed by atoms with Crippen molar-refractivity contribution in [2.45, 2.75) is 4.90 Å². The zero-order valence-corrected chi connectivity index (χ0v) is 9.84. The third kappa shape index (κ3) is 1.80. The van der Waals surface area contributed by atoms with Gasteiger partial charge in [-0.3, -0.25) is 0 Å². The number of hydrogen-bond acceptors (Lipinski definition) is 6. The Morgan fingerprint density at radius 2 is 2.29 bits per heavy atom. The van der Waals surface area contributed by atoms with Crippen molar-refractivity contribution in [3.63, 3.8) is 0 Å². The van der Waals surface area contributed by atoms with E-state index in [4.69, 9.17) is 5.73 Å². The zero-order chi connectivity index (χ0) is 10.7. The number of thiophene rings is 1. The molecular weight excluding hydrogens is 220 g/mol. The lowest BCUT2D eigenvalue weighted by molar-refractivity contribution is 0.0607. The highest BCUT2D eigenvalue weighted by atomic mass is 32.2. The summed E-state index contributed by atoms with van der Waals surface area (Å²) in [4.78, 5) is 12.7. The van der Waals surface area contributed by atoms with Gasteiger partial charge in [0.15, 0.2) is 0 Å². The van der Waals surface area contributed by atoms with Crippen LogP contribution in [0.15, 0.2) is 4.90 Å². The van der Waals surface area contributed by atoms with Crippen molar-refractivity contribution >= 4 is 39.8 Å². The Morgan fingerprint density at radius 3 is 2.64 bits per heavy atom. The minimum Gasteiger partial charge on any atom is -0.465 e. The van der Waals surface area contributed by atoms with Crippen LogP contribution >= 0.6 is 23.1 Å². The zero-order valence-electron chi connectivity index (χ0n) is 8.21. The number of nitrogens with two attached hydrogens (primary N) is 1. The Morgan fingerprint density at radius 1 is 1.64 bits per heavy atom. The first-order valence-corrected chi connectivity index (χ1v) is 5.92. The maximum absolute atomic E-state index is 11.3. The van der Waals surface area contributed by atoms with Crippen LogP contribution in [0.4, 0.5) is 10.7 Å². The van der Waals surface area contributed by atoms with E-state index >= 15 is 0 Å². The maximum Gasteiger partial charge on any atom is 0.350 e. The average Bonchev–Trinajstić information content (AvgIpc) is 2.53. The van der Waals surface area contributed by atoms with Gasteiger partial charge in [0.05, 0.1) is 17.7 Å². The standard InChI is InChI=1S/C8H12N2O2S2/c1-10-7-5(13-3)4(9)6(14-7)8(11)12-2/h10H,9H2,1-3H3. The Balaban J connectivity index is 3.20. The van der Waals surface area contributed by atoms with E-state index in [0.717, 1.165) is 9.90 Å². The van der Waals surface area contributed by atoms with E-state index in [1.807, 2.05) is 6.26 Å². The number of nitrogen functional groups attached to an aromatic ring is 1. The third-order valence-corrected chi connectivity index (χ3v) is 3.87. The monoisotopic (exact) mass is 232 g/mol. The van der Waals surface area contributed by atoms with Crippen molar-refractivity contribution < 1.29 is 9.53 Å². The molecule has 0 amide bonds. The van der Waals surface area contributed by atoms with Crippen molar-refractivity contribution in [3.05, 3.63) is 4.88 Å². The highest BCUT2D eigenvalue weighted by Gasteiger charge is 2.20. The summed E-state index contributed by atoms with van der Waals surface area (Å²) in [5, 5.41) is 3.90. The quantitative estimate of drug-likeness (QED) is 0.615. The van der Waals surface area contributed by atoms with E-state index in [0.29, 0.717) is 10.6 Å².